The van der Waals surface area contributed by atoms with E-state index in [4.69, 9.17) is 11.6 Å². The van der Waals surface area contributed by atoms with Crippen molar-refractivity contribution in [2.75, 3.05) is 5.32 Å². The van der Waals surface area contributed by atoms with Gasteiger partial charge in [-0.15, -0.1) is 0 Å². The number of hydrogen-bond acceptors (Lipinski definition) is 3. The van der Waals surface area contributed by atoms with Crippen molar-refractivity contribution in [3.63, 3.8) is 0 Å². The summed E-state index contributed by atoms with van der Waals surface area (Å²) in [7, 11) is 0. The fourth-order valence-electron chi connectivity index (χ4n) is 2.02. The molecule has 0 aliphatic rings. The van der Waals surface area contributed by atoms with Crippen LogP contribution in [0.5, 0.6) is 0 Å². The third-order valence-electron chi connectivity index (χ3n) is 3.04. The topological polar surface area (TPSA) is 62.2 Å². The Morgan fingerprint density at radius 1 is 1.35 bits per heavy atom. The Kier molecular flexibility index (Phi) is 4.58. The second-order valence-corrected chi connectivity index (χ2v) is 4.69. The van der Waals surface area contributed by atoms with Crippen molar-refractivity contribution in [1.82, 2.24) is 4.98 Å². The van der Waals surface area contributed by atoms with Crippen molar-refractivity contribution in [3.05, 3.63) is 58.4 Å². The van der Waals surface area contributed by atoms with Crippen LogP contribution in [0.1, 0.15) is 28.5 Å². The van der Waals surface area contributed by atoms with Crippen LogP contribution in [0.25, 0.3) is 0 Å². The highest BCUT2D eigenvalue weighted by Gasteiger charge is 2.14. The Morgan fingerprint density at radius 2 is 2.15 bits per heavy atom. The Labute approximate surface area is 122 Å². The third kappa shape index (κ3) is 3.08. The van der Waals surface area contributed by atoms with Gasteiger partial charge in [-0.3, -0.25) is 4.98 Å². The number of aryl methyl sites for hydroxylation is 1. The van der Waals surface area contributed by atoms with Crippen molar-refractivity contribution in [1.29, 1.82) is 0 Å². The molecule has 0 amide bonds. The fraction of sp³-hybridized carbons (Fsp3) is 0.200. The summed E-state index contributed by atoms with van der Waals surface area (Å²) in [5, 5.41) is 12.5. The van der Waals surface area contributed by atoms with E-state index in [1.165, 1.54) is 0 Å². The molecule has 2 aromatic rings. The van der Waals surface area contributed by atoms with Gasteiger partial charge in [-0.1, -0.05) is 30.7 Å². The number of benzene rings is 1. The minimum absolute atomic E-state index is 0.0862. The second-order valence-electron chi connectivity index (χ2n) is 4.28. The maximum absolute atomic E-state index is 11.2. The number of carboxylic acids is 1. The smallest absolute Gasteiger partial charge is 0.339 e. The van der Waals surface area contributed by atoms with E-state index in [0.717, 1.165) is 17.7 Å². The van der Waals surface area contributed by atoms with Crippen LogP contribution in [0.3, 0.4) is 0 Å². The van der Waals surface area contributed by atoms with Gasteiger partial charge in [-0.2, -0.15) is 0 Å². The molecule has 5 heteroatoms. The van der Waals surface area contributed by atoms with Gasteiger partial charge < -0.3 is 10.4 Å². The van der Waals surface area contributed by atoms with Gasteiger partial charge in [-0.05, 0) is 30.2 Å². The zero-order valence-electron chi connectivity index (χ0n) is 11.1. The van der Waals surface area contributed by atoms with E-state index >= 15 is 0 Å². The lowest BCUT2D eigenvalue weighted by Gasteiger charge is -2.12. The molecule has 1 aromatic carbocycles. The summed E-state index contributed by atoms with van der Waals surface area (Å²) < 4.78 is 0. The number of halogens is 1. The first-order chi connectivity index (χ1) is 9.63. The molecule has 0 atom stereocenters. The highest BCUT2D eigenvalue weighted by Crippen LogP contribution is 2.24. The molecule has 0 bridgehead atoms. The van der Waals surface area contributed by atoms with Crippen LogP contribution in [0.2, 0.25) is 5.02 Å². The molecular weight excluding hydrogens is 276 g/mol. The molecule has 0 saturated heterocycles. The first-order valence-electron chi connectivity index (χ1n) is 6.32. The lowest BCUT2D eigenvalue weighted by molar-refractivity contribution is 0.0698. The Hall–Kier alpha value is -2.07. The Balaban J connectivity index is 2.23. The predicted octanol–water partition coefficient (Wildman–Crippen LogP) is 3.61. The van der Waals surface area contributed by atoms with Gasteiger partial charge in [0.25, 0.3) is 0 Å². The normalized spacial score (nSPS) is 10.3. The summed E-state index contributed by atoms with van der Waals surface area (Å²) >= 11 is 5.93. The number of nitrogens with one attached hydrogen (secondary N) is 1. The Bertz CT molecular complexity index is 629. The summed E-state index contributed by atoms with van der Waals surface area (Å²) in [6.07, 6.45) is 2.61. The number of rotatable bonds is 5. The molecule has 0 spiro atoms. The first kappa shape index (κ1) is 14.3. The second kappa shape index (κ2) is 6.39. The molecule has 0 unspecified atom stereocenters. The van der Waals surface area contributed by atoms with Crippen LogP contribution in [0, 0.1) is 0 Å². The van der Waals surface area contributed by atoms with Crippen molar-refractivity contribution in [2.45, 2.75) is 19.9 Å². The molecule has 2 rings (SSSR count). The maximum atomic E-state index is 11.2. The highest BCUT2D eigenvalue weighted by molar-refractivity contribution is 6.34. The molecule has 20 heavy (non-hydrogen) atoms. The van der Waals surface area contributed by atoms with Crippen LogP contribution in [0.15, 0.2) is 36.5 Å². The third-order valence-corrected chi connectivity index (χ3v) is 3.35. The largest absolute Gasteiger partial charge is 0.478 e. The van der Waals surface area contributed by atoms with Crippen LogP contribution < -0.4 is 5.32 Å². The minimum atomic E-state index is -1.05. The average Bonchev–Trinajstić information content (AvgIpc) is 2.45. The molecule has 1 heterocycles. The monoisotopic (exact) mass is 290 g/mol. The highest BCUT2D eigenvalue weighted by atomic mass is 35.5. The van der Waals surface area contributed by atoms with E-state index in [-0.39, 0.29) is 10.6 Å². The summed E-state index contributed by atoms with van der Waals surface area (Å²) in [5.41, 5.74) is 2.63. The zero-order chi connectivity index (χ0) is 14.5. The van der Waals surface area contributed by atoms with Crippen LogP contribution >= 0.6 is 11.6 Å². The van der Waals surface area contributed by atoms with Gasteiger partial charge in [0.15, 0.2) is 0 Å². The molecule has 2 N–H and O–H groups in total. The van der Waals surface area contributed by atoms with Gasteiger partial charge in [0.1, 0.15) is 5.56 Å². The van der Waals surface area contributed by atoms with E-state index in [2.05, 4.69) is 17.2 Å². The number of nitrogens with zero attached hydrogens (tertiary/aromatic N) is 1. The molecule has 0 radical (unpaired) electrons. The van der Waals surface area contributed by atoms with E-state index < -0.39 is 5.97 Å². The molecule has 104 valence electrons. The van der Waals surface area contributed by atoms with Crippen LogP contribution in [-0.2, 0) is 13.0 Å². The summed E-state index contributed by atoms with van der Waals surface area (Å²) in [4.78, 5) is 15.6. The van der Waals surface area contributed by atoms with Crippen LogP contribution in [0.4, 0.5) is 5.69 Å². The van der Waals surface area contributed by atoms with E-state index in [1.54, 1.807) is 24.4 Å². The molecule has 0 fully saturated rings. The summed E-state index contributed by atoms with van der Waals surface area (Å²) in [5.74, 6) is -1.05. The zero-order valence-corrected chi connectivity index (χ0v) is 11.8. The van der Waals surface area contributed by atoms with Crippen molar-refractivity contribution < 1.29 is 9.90 Å². The number of hydrogen-bond donors (Lipinski definition) is 2. The van der Waals surface area contributed by atoms with Crippen molar-refractivity contribution in [3.8, 4) is 0 Å². The predicted molar refractivity (Wildman–Crippen MR) is 79.4 cm³/mol. The van der Waals surface area contributed by atoms with E-state index in [1.807, 2.05) is 12.1 Å². The Morgan fingerprint density at radius 3 is 2.85 bits per heavy atom. The molecular formula is C15H15ClN2O2. The van der Waals surface area contributed by atoms with Gasteiger partial charge in [0.2, 0.25) is 0 Å². The number of carbonyl (C=O) groups is 1. The molecule has 0 saturated carbocycles. The number of carboxylic acid groups (broad SMARTS) is 1. The summed E-state index contributed by atoms with van der Waals surface area (Å²) in [6.45, 7) is 2.52. The van der Waals surface area contributed by atoms with Crippen molar-refractivity contribution in [2.24, 2.45) is 0 Å². The van der Waals surface area contributed by atoms with Gasteiger partial charge in [0.05, 0.1) is 22.9 Å². The molecule has 4 nitrogen and oxygen atoms in total. The quantitative estimate of drug-likeness (QED) is 0.883. The number of anilines is 1. The fourth-order valence-corrected chi connectivity index (χ4v) is 2.28. The molecule has 0 aliphatic carbocycles. The van der Waals surface area contributed by atoms with E-state index in [0.29, 0.717) is 12.2 Å². The van der Waals surface area contributed by atoms with Gasteiger partial charge in [0, 0.05) is 6.20 Å². The lowest BCUT2D eigenvalue weighted by Crippen LogP contribution is -2.09. The van der Waals surface area contributed by atoms with Crippen LogP contribution in [-0.4, -0.2) is 16.1 Å². The molecule has 0 aliphatic heterocycles. The molecule has 1 aromatic heterocycles. The minimum Gasteiger partial charge on any atom is -0.478 e. The number of pyridine rings is 1. The van der Waals surface area contributed by atoms with Crippen molar-refractivity contribution >= 4 is 23.3 Å². The van der Waals surface area contributed by atoms with Gasteiger partial charge in [-0.25, -0.2) is 4.79 Å². The number of aromatic carboxylic acids is 1. The van der Waals surface area contributed by atoms with Gasteiger partial charge >= 0.3 is 5.97 Å². The first-order valence-corrected chi connectivity index (χ1v) is 6.69. The standard InChI is InChI=1S/C15H15ClN2O2/c1-2-10-5-4-8-17-13(10)9-18-12-7-3-6-11(16)14(12)15(19)20/h3-8,18H,2,9H2,1H3,(H,19,20). The summed E-state index contributed by atoms with van der Waals surface area (Å²) in [6, 6.07) is 8.89. The average molecular weight is 291 g/mol. The number of aromatic nitrogens is 1. The van der Waals surface area contributed by atoms with E-state index in [9.17, 15) is 9.90 Å². The lowest BCUT2D eigenvalue weighted by atomic mass is 10.1. The SMILES string of the molecule is CCc1cccnc1CNc1cccc(Cl)c1C(=O)O. The maximum Gasteiger partial charge on any atom is 0.339 e.